The fourth-order valence-corrected chi connectivity index (χ4v) is 3.87. The van der Waals surface area contributed by atoms with E-state index in [2.05, 4.69) is 9.71 Å². The lowest BCUT2D eigenvalue weighted by Gasteiger charge is -2.29. The smallest absolute Gasteiger partial charge is 0.326 e. The first kappa shape index (κ1) is 25.4. The molecule has 0 aliphatic heterocycles. The Hall–Kier alpha value is -1.87. The number of aromatic nitrogens is 2. The van der Waals surface area contributed by atoms with Crippen LogP contribution in [0.15, 0.2) is 41.5 Å². The number of hydrogen-bond donors (Lipinski definition) is 1. The van der Waals surface area contributed by atoms with E-state index in [1.807, 2.05) is 39.8 Å². The third kappa shape index (κ3) is 7.64. The van der Waals surface area contributed by atoms with Crippen molar-refractivity contribution < 1.29 is 14.1 Å². The van der Waals surface area contributed by atoms with Gasteiger partial charge in [0.25, 0.3) is 5.56 Å². The summed E-state index contributed by atoms with van der Waals surface area (Å²) in [6.45, 7) is 9.47. The van der Waals surface area contributed by atoms with E-state index in [4.69, 9.17) is 16.3 Å². The molecular formula is C22H30ClN3O4S. The Morgan fingerprint density at radius 2 is 1.97 bits per heavy atom. The average molecular weight is 468 g/mol. The molecule has 1 N–H and O–H groups in total. The minimum atomic E-state index is -1.28. The highest BCUT2D eigenvalue weighted by Crippen LogP contribution is 2.29. The van der Waals surface area contributed by atoms with Crippen molar-refractivity contribution in [1.82, 2.24) is 14.3 Å². The second kappa shape index (κ2) is 11.1. The van der Waals surface area contributed by atoms with Crippen LogP contribution in [0, 0.1) is 0 Å². The maximum absolute atomic E-state index is 12.7. The van der Waals surface area contributed by atoms with Gasteiger partial charge in [-0.2, -0.15) is 0 Å². The number of nitrogens with one attached hydrogen (secondary N) is 1. The molecule has 2 aromatic rings. The van der Waals surface area contributed by atoms with Crippen LogP contribution >= 0.6 is 11.6 Å². The van der Waals surface area contributed by atoms with E-state index >= 15 is 0 Å². The summed E-state index contributed by atoms with van der Waals surface area (Å²) in [6.07, 6.45) is 1.93. The lowest BCUT2D eigenvalue weighted by Crippen LogP contribution is -2.41. The van der Waals surface area contributed by atoms with E-state index in [0.29, 0.717) is 17.1 Å². The van der Waals surface area contributed by atoms with Crippen molar-refractivity contribution in [2.45, 2.75) is 64.3 Å². The van der Waals surface area contributed by atoms with Gasteiger partial charge in [0.2, 0.25) is 0 Å². The Bertz CT molecular complexity index is 928. The largest absolute Gasteiger partial charge is 0.598 e. The third-order valence-corrected chi connectivity index (χ3v) is 6.54. The monoisotopic (exact) mass is 467 g/mol. The van der Waals surface area contributed by atoms with Crippen LogP contribution in [-0.4, -0.2) is 31.4 Å². The number of hydrogen-bond acceptors (Lipinski definition) is 6. The van der Waals surface area contributed by atoms with Crippen LogP contribution in [0.4, 0.5) is 0 Å². The Morgan fingerprint density at radius 3 is 2.52 bits per heavy atom. The molecule has 1 heterocycles. The van der Waals surface area contributed by atoms with E-state index in [0.717, 1.165) is 5.56 Å². The van der Waals surface area contributed by atoms with Crippen LogP contribution in [0.3, 0.4) is 0 Å². The summed E-state index contributed by atoms with van der Waals surface area (Å²) in [5.74, 6) is -0.584. The van der Waals surface area contributed by atoms with Crippen molar-refractivity contribution in [3.8, 4) is 0 Å². The molecule has 1 aromatic carbocycles. The van der Waals surface area contributed by atoms with Crippen molar-refractivity contribution in [3.63, 3.8) is 0 Å². The van der Waals surface area contributed by atoms with Crippen LogP contribution in [0.25, 0.3) is 0 Å². The number of carbonyl (C=O) groups is 1. The number of halogens is 1. The second-order valence-electron chi connectivity index (χ2n) is 8.32. The summed E-state index contributed by atoms with van der Waals surface area (Å²) in [5, 5.41) is 0.624. The summed E-state index contributed by atoms with van der Waals surface area (Å²) >= 11 is 4.74. The molecule has 0 unspecified atom stereocenters. The lowest BCUT2D eigenvalue weighted by molar-refractivity contribution is -0.143. The molecule has 7 nitrogen and oxygen atoms in total. The lowest BCUT2D eigenvalue weighted by atomic mass is 9.94. The zero-order valence-electron chi connectivity index (χ0n) is 18.6. The van der Waals surface area contributed by atoms with Gasteiger partial charge in [-0.3, -0.25) is 14.2 Å². The fraction of sp³-hybridized carbons (Fsp3) is 0.500. The molecule has 0 radical (unpaired) electrons. The highest BCUT2D eigenvalue weighted by atomic mass is 35.5. The summed E-state index contributed by atoms with van der Waals surface area (Å²) in [4.78, 5) is 28.4. The van der Waals surface area contributed by atoms with Crippen molar-refractivity contribution >= 4 is 28.9 Å². The molecule has 9 heteroatoms. The SMILES string of the molecule is CCOC(=O)Cn1cnc([C@@H](C)C[C@H](N[S@@+]([O-])C(C)(C)C)c2ccc(Cl)cc2)cc1=O. The average Bonchev–Trinajstić information content (AvgIpc) is 2.69. The molecule has 170 valence electrons. The first-order valence-electron chi connectivity index (χ1n) is 10.2. The molecule has 0 spiro atoms. The van der Waals surface area contributed by atoms with Crippen LogP contribution in [0.1, 0.15) is 64.3 Å². The Morgan fingerprint density at radius 1 is 1.32 bits per heavy atom. The van der Waals surface area contributed by atoms with Crippen molar-refractivity contribution in [2.75, 3.05) is 6.61 Å². The molecule has 3 atom stereocenters. The van der Waals surface area contributed by atoms with E-state index in [1.165, 1.54) is 17.0 Å². The van der Waals surface area contributed by atoms with Gasteiger partial charge in [-0.25, -0.2) is 4.98 Å². The molecule has 1 aromatic heterocycles. The van der Waals surface area contributed by atoms with Crippen LogP contribution < -0.4 is 10.3 Å². The Kier molecular flexibility index (Phi) is 9.12. The minimum Gasteiger partial charge on any atom is -0.598 e. The van der Waals surface area contributed by atoms with Crippen molar-refractivity contribution in [1.29, 1.82) is 0 Å². The molecule has 31 heavy (non-hydrogen) atoms. The standard InChI is InChI=1S/C22H30ClN3O4S/c1-6-30-21(28)13-26-14-24-18(12-20(26)27)15(2)11-19(25-31(29)22(3,4)5)16-7-9-17(23)10-8-16/h7-10,12,14-15,19,25H,6,11,13H2,1-5H3/t15-,19-,31-/m0/s1. The maximum atomic E-state index is 12.7. The van der Waals surface area contributed by atoms with E-state index in [1.54, 1.807) is 19.1 Å². The first-order chi connectivity index (χ1) is 14.5. The summed E-state index contributed by atoms with van der Waals surface area (Å²) in [6, 6.07) is 8.60. The molecule has 0 aliphatic carbocycles. The summed E-state index contributed by atoms with van der Waals surface area (Å²) in [7, 11) is 0. The third-order valence-electron chi connectivity index (χ3n) is 4.68. The predicted molar refractivity (Wildman–Crippen MR) is 123 cm³/mol. The quantitative estimate of drug-likeness (QED) is 0.445. The maximum Gasteiger partial charge on any atom is 0.326 e. The van der Waals surface area contributed by atoms with Crippen LogP contribution in [0.2, 0.25) is 5.02 Å². The number of rotatable bonds is 9. The van der Waals surface area contributed by atoms with Gasteiger partial charge < -0.3 is 9.29 Å². The zero-order valence-corrected chi connectivity index (χ0v) is 20.1. The molecular weight excluding hydrogens is 438 g/mol. The normalized spacial score (nSPS) is 14.7. The van der Waals surface area contributed by atoms with E-state index in [-0.39, 0.29) is 30.7 Å². The first-order valence-corrected chi connectivity index (χ1v) is 11.7. The van der Waals surface area contributed by atoms with Gasteiger partial charge in [0.05, 0.1) is 24.7 Å². The number of esters is 1. The van der Waals surface area contributed by atoms with Crippen molar-refractivity contribution in [2.24, 2.45) is 0 Å². The van der Waals surface area contributed by atoms with Gasteiger partial charge in [-0.1, -0.05) is 30.7 Å². The van der Waals surface area contributed by atoms with Gasteiger partial charge in [-0.15, -0.1) is 4.72 Å². The van der Waals surface area contributed by atoms with E-state index in [9.17, 15) is 14.1 Å². The Labute approximate surface area is 191 Å². The van der Waals surface area contributed by atoms with Gasteiger partial charge in [0, 0.05) is 28.4 Å². The second-order valence-corrected chi connectivity index (χ2v) is 10.8. The zero-order chi connectivity index (χ0) is 23.2. The molecule has 0 bridgehead atoms. The number of nitrogens with zero attached hydrogens (tertiary/aromatic N) is 2. The molecule has 0 amide bonds. The molecule has 0 saturated carbocycles. The molecule has 0 saturated heterocycles. The topological polar surface area (TPSA) is 96.3 Å². The van der Waals surface area contributed by atoms with E-state index < -0.39 is 22.1 Å². The summed E-state index contributed by atoms with van der Waals surface area (Å²) < 4.78 is 21.6. The Balaban J connectivity index is 2.21. The number of carbonyl (C=O) groups excluding carboxylic acids is 1. The van der Waals surface area contributed by atoms with Gasteiger partial charge in [-0.05, 0) is 51.8 Å². The summed E-state index contributed by atoms with van der Waals surface area (Å²) in [5.41, 5.74) is 1.23. The van der Waals surface area contributed by atoms with Crippen molar-refractivity contribution in [3.05, 3.63) is 63.3 Å². The molecule has 2 rings (SSSR count). The van der Waals surface area contributed by atoms with Crippen LogP contribution in [0.5, 0.6) is 0 Å². The number of benzene rings is 1. The number of ether oxygens (including phenoxy) is 1. The van der Waals surface area contributed by atoms with Gasteiger partial charge >= 0.3 is 5.97 Å². The van der Waals surface area contributed by atoms with Gasteiger partial charge in [0.15, 0.2) is 0 Å². The molecule has 0 aliphatic rings. The predicted octanol–water partition coefficient (Wildman–Crippen LogP) is 3.75. The molecule has 0 fully saturated rings. The minimum absolute atomic E-state index is 0.102. The highest BCUT2D eigenvalue weighted by Gasteiger charge is 2.31. The van der Waals surface area contributed by atoms with Gasteiger partial charge in [0.1, 0.15) is 11.3 Å². The highest BCUT2D eigenvalue weighted by molar-refractivity contribution is 7.90. The van der Waals surface area contributed by atoms with Crippen LogP contribution in [-0.2, 0) is 27.4 Å². The fourth-order valence-electron chi connectivity index (χ4n) is 2.90.